The molecule has 0 bridgehead atoms. The van der Waals surface area contributed by atoms with Gasteiger partial charge in [0, 0.05) is 29.4 Å². The highest BCUT2D eigenvalue weighted by Crippen LogP contribution is 2.41. The number of rotatable bonds is 7. The van der Waals surface area contributed by atoms with Crippen molar-refractivity contribution in [2.75, 3.05) is 13.9 Å². The van der Waals surface area contributed by atoms with Crippen molar-refractivity contribution in [3.63, 3.8) is 0 Å². The maximum Gasteiger partial charge on any atom is 0.231 e. The Balaban J connectivity index is 1.51. The summed E-state index contributed by atoms with van der Waals surface area (Å²) in [4.78, 5) is 16.2. The van der Waals surface area contributed by atoms with Gasteiger partial charge in [0.05, 0.1) is 19.9 Å². The number of H-pyrrole nitrogens is 1. The van der Waals surface area contributed by atoms with E-state index >= 15 is 0 Å². The van der Waals surface area contributed by atoms with Gasteiger partial charge in [-0.25, -0.2) is 0 Å². The highest BCUT2D eigenvalue weighted by atomic mass is 16.7. The van der Waals surface area contributed by atoms with E-state index in [1.807, 2.05) is 48.7 Å². The fraction of sp³-hybridized carbons (Fsp3) is 0.208. The molecule has 4 aromatic rings. The molecule has 0 aliphatic carbocycles. The van der Waals surface area contributed by atoms with Crippen LogP contribution < -0.4 is 19.5 Å². The van der Waals surface area contributed by atoms with Gasteiger partial charge in [0.1, 0.15) is 11.5 Å². The molecule has 1 amide bonds. The van der Waals surface area contributed by atoms with E-state index in [-0.39, 0.29) is 25.0 Å². The quantitative estimate of drug-likeness (QED) is 0.466. The summed E-state index contributed by atoms with van der Waals surface area (Å²) in [6.45, 7) is 0.547. The zero-order valence-corrected chi connectivity index (χ0v) is 17.0. The van der Waals surface area contributed by atoms with Crippen LogP contribution in [0.25, 0.3) is 10.9 Å². The molecule has 31 heavy (non-hydrogen) atoms. The Labute approximate surface area is 178 Å². The van der Waals surface area contributed by atoms with Crippen LogP contribution in [0.4, 0.5) is 0 Å². The van der Waals surface area contributed by atoms with Crippen molar-refractivity contribution in [2.45, 2.75) is 18.9 Å². The smallest absolute Gasteiger partial charge is 0.231 e. The molecule has 7 heteroatoms. The molecule has 1 aliphatic rings. The van der Waals surface area contributed by atoms with Crippen LogP contribution in [-0.4, -0.2) is 24.8 Å². The van der Waals surface area contributed by atoms with Crippen molar-refractivity contribution in [2.24, 2.45) is 0 Å². The Morgan fingerprint density at radius 2 is 2.06 bits per heavy atom. The summed E-state index contributed by atoms with van der Waals surface area (Å²) in [5, 5.41) is 3.91. The SMILES string of the molecule is COc1cccc2[nH]cc([C@H](CC(=O)NCc3ccco3)c3ccc4c(c3)OCO4)c12. The minimum absolute atomic E-state index is 0.0803. The lowest BCUT2D eigenvalue weighted by atomic mass is 9.87. The van der Waals surface area contributed by atoms with Crippen molar-refractivity contribution < 1.29 is 23.4 Å². The van der Waals surface area contributed by atoms with Crippen LogP contribution in [0.3, 0.4) is 0 Å². The number of hydrogen-bond acceptors (Lipinski definition) is 5. The van der Waals surface area contributed by atoms with E-state index in [4.69, 9.17) is 18.6 Å². The summed E-state index contributed by atoms with van der Waals surface area (Å²) in [5.41, 5.74) is 2.90. The zero-order chi connectivity index (χ0) is 21.2. The number of aromatic amines is 1. The Morgan fingerprint density at radius 1 is 1.16 bits per heavy atom. The average molecular weight is 418 g/mol. The van der Waals surface area contributed by atoms with E-state index in [9.17, 15) is 4.79 Å². The predicted molar refractivity (Wildman–Crippen MR) is 114 cm³/mol. The minimum atomic E-state index is -0.212. The number of carbonyl (C=O) groups excluding carboxylic acids is 1. The number of furan rings is 1. The molecular formula is C24H22N2O5. The van der Waals surface area contributed by atoms with Crippen LogP contribution in [0.15, 0.2) is 65.4 Å². The molecule has 0 radical (unpaired) electrons. The van der Waals surface area contributed by atoms with Crippen LogP contribution in [0.5, 0.6) is 17.2 Å². The molecule has 1 aliphatic heterocycles. The van der Waals surface area contributed by atoms with E-state index in [1.54, 1.807) is 19.4 Å². The number of methoxy groups -OCH3 is 1. The number of fused-ring (bicyclic) bond motifs is 2. The number of ether oxygens (including phenoxy) is 3. The fourth-order valence-corrected chi connectivity index (χ4v) is 4.02. The largest absolute Gasteiger partial charge is 0.496 e. The average Bonchev–Trinajstić information content (AvgIpc) is 3.56. The summed E-state index contributed by atoms with van der Waals surface area (Å²) in [5.74, 6) is 2.57. The summed E-state index contributed by atoms with van der Waals surface area (Å²) < 4.78 is 22.0. The second-order valence-electron chi connectivity index (χ2n) is 7.35. The van der Waals surface area contributed by atoms with Crippen molar-refractivity contribution in [3.05, 3.63) is 77.9 Å². The van der Waals surface area contributed by atoms with E-state index in [0.717, 1.165) is 27.8 Å². The molecule has 0 spiro atoms. The number of amides is 1. The summed E-state index contributed by atoms with van der Waals surface area (Å²) >= 11 is 0. The third kappa shape index (κ3) is 3.70. The molecular weight excluding hydrogens is 396 g/mol. The first kappa shape index (κ1) is 19.1. The monoisotopic (exact) mass is 418 g/mol. The Morgan fingerprint density at radius 3 is 2.90 bits per heavy atom. The lowest BCUT2D eigenvalue weighted by molar-refractivity contribution is -0.121. The molecule has 158 valence electrons. The molecule has 2 aromatic heterocycles. The minimum Gasteiger partial charge on any atom is -0.496 e. The van der Waals surface area contributed by atoms with E-state index in [2.05, 4.69) is 10.3 Å². The molecule has 1 atom stereocenters. The lowest BCUT2D eigenvalue weighted by Crippen LogP contribution is -2.24. The molecule has 0 saturated carbocycles. The normalized spacial score (nSPS) is 13.3. The highest BCUT2D eigenvalue weighted by molar-refractivity contribution is 5.91. The Hall–Kier alpha value is -3.87. The van der Waals surface area contributed by atoms with Crippen LogP contribution in [0.1, 0.15) is 29.2 Å². The standard InChI is InChI=1S/C24H22N2O5/c1-28-21-6-2-5-19-24(21)18(13-25-19)17(11-23(27)26-12-16-4-3-9-29-16)15-7-8-20-22(10-15)31-14-30-20/h2-10,13,17,25H,11-12,14H2,1H3,(H,26,27)/t17-/m1/s1. The predicted octanol–water partition coefficient (Wildman–Crippen LogP) is 4.34. The summed E-state index contributed by atoms with van der Waals surface area (Å²) in [6, 6.07) is 15.3. The summed E-state index contributed by atoms with van der Waals surface area (Å²) in [7, 11) is 1.65. The van der Waals surface area contributed by atoms with Crippen LogP contribution in [0.2, 0.25) is 0 Å². The zero-order valence-electron chi connectivity index (χ0n) is 17.0. The van der Waals surface area contributed by atoms with Crippen molar-refractivity contribution in [1.29, 1.82) is 0 Å². The van der Waals surface area contributed by atoms with Gasteiger partial charge in [-0.15, -0.1) is 0 Å². The van der Waals surface area contributed by atoms with Crippen molar-refractivity contribution >= 4 is 16.8 Å². The maximum atomic E-state index is 12.9. The van der Waals surface area contributed by atoms with E-state index < -0.39 is 0 Å². The molecule has 5 rings (SSSR count). The third-order valence-corrected chi connectivity index (χ3v) is 5.52. The fourth-order valence-electron chi connectivity index (χ4n) is 4.02. The number of nitrogens with one attached hydrogen (secondary N) is 2. The molecule has 0 unspecified atom stereocenters. The maximum absolute atomic E-state index is 12.9. The first-order chi connectivity index (χ1) is 15.2. The van der Waals surface area contributed by atoms with Gasteiger partial charge in [0.2, 0.25) is 12.7 Å². The van der Waals surface area contributed by atoms with E-state index in [1.165, 1.54) is 0 Å². The van der Waals surface area contributed by atoms with Gasteiger partial charge in [-0.05, 0) is 47.5 Å². The Kier molecular flexibility index (Phi) is 5.00. The number of hydrogen-bond donors (Lipinski definition) is 2. The topological polar surface area (TPSA) is 85.7 Å². The van der Waals surface area contributed by atoms with Crippen LogP contribution in [0, 0.1) is 0 Å². The molecule has 3 heterocycles. The number of aromatic nitrogens is 1. The molecule has 2 aromatic carbocycles. The van der Waals surface area contributed by atoms with Gasteiger partial charge in [0.25, 0.3) is 0 Å². The van der Waals surface area contributed by atoms with Crippen LogP contribution >= 0.6 is 0 Å². The van der Waals surface area contributed by atoms with Gasteiger partial charge >= 0.3 is 0 Å². The molecule has 0 fully saturated rings. The van der Waals surface area contributed by atoms with Crippen molar-refractivity contribution in [3.8, 4) is 17.2 Å². The summed E-state index contributed by atoms with van der Waals surface area (Å²) in [6.07, 6.45) is 3.79. The van der Waals surface area contributed by atoms with Crippen molar-refractivity contribution in [1.82, 2.24) is 10.3 Å². The van der Waals surface area contributed by atoms with Gasteiger partial charge in [-0.1, -0.05) is 12.1 Å². The second kappa shape index (κ2) is 8.10. The molecule has 7 nitrogen and oxygen atoms in total. The second-order valence-corrected chi connectivity index (χ2v) is 7.35. The van der Waals surface area contributed by atoms with Crippen LogP contribution in [-0.2, 0) is 11.3 Å². The van der Waals surface area contributed by atoms with Gasteiger partial charge in [-0.2, -0.15) is 0 Å². The Bertz CT molecular complexity index is 1210. The van der Waals surface area contributed by atoms with Gasteiger partial charge in [-0.3, -0.25) is 4.79 Å². The lowest BCUT2D eigenvalue weighted by Gasteiger charge is -2.18. The highest BCUT2D eigenvalue weighted by Gasteiger charge is 2.25. The first-order valence-electron chi connectivity index (χ1n) is 10.1. The third-order valence-electron chi connectivity index (χ3n) is 5.52. The molecule has 2 N–H and O–H groups in total. The van der Waals surface area contributed by atoms with Gasteiger partial charge < -0.3 is 28.9 Å². The number of carbonyl (C=O) groups is 1. The number of benzene rings is 2. The first-order valence-corrected chi connectivity index (χ1v) is 10.1. The van der Waals surface area contributed by atoms with E-state index in [0.29, 0.717) is 23.8 Å². The molecule has 0 saturated heterocycles. The van der Waals surface area contributed by atoms with Gasteiger partial charge in [0.15, 0.2) is 11.5 Å².